The lowest BCUT2D eigenvalue weighted by Gasteiger charge is -2.10. The Hall–Kier alpha value is -2.32. The van der Waals surface area contributed by atoms with Crippen molar-refractivity contribution in [2.45, 2.75) is 12.5 Å². The van der Waals surface area contributed by atoms with Gasteiger partial charge in [-0.1, -0.05) is 12.1 Å². The van der Waals surface area contributed by atoms with E-state index in [4.69, 9.17) is 4.74 Å². The molecule has 25 heavy (non-hydrogen) atoms. The van der Waals surface area contributed by atoms with Crippen LogP contribution in [0.5, 0.6) is 0 Å². The molecule has 8 heteroatoms. The molecule has 0 bridgehead atoms. The summed E-state index contributed by atoms with van der Waals surface area (Å²) in [6.07, 6.45) is 0.484. The van der Waals surface area contributed by atoms with Crippen LogP contribution < -0.4 is 0 Å². The molecule has 1 heterocycles. The molecule has 0 amide bonds. The molecule has 0 aromatic heterocycles. The van der Waals surface area contributed by atoms with Gasteiger partial charge in [-0.25, -0.2) is 13.6 Å². The molecule has 1 aliphatic rings. The van der Waals surface area contributed by atoms with Crippen molar-refractivity contribution in [1.82, 2.24) is 0 Å². The van der Waals surface area contributed by atoms with Gasteiger partial charge in [0.25, 0.3) is 10.1 Å². The minimum atomic E-state index is -3.57. The number of carbonyl (C=O) groups excluding carboxylic acids is 1. The molecule has 2 aromatic carbocycles. The van der Waals surface area contributed by atoms with Gasteiger partial charge in [0.05, 0.1) is 18.4 Å². The Bertz CT molecular complexity index is 940. The zero-order valence-corrected chi connectivity index (χ0v) is 14.0. The second kappa shape index (κ2) is 6.53. The van der Waals surface area contributed by atoms with Gasteiger partial charge in [0.2, 0.25) is 0 Å². The number of ether oxygens (including phenoxy) is 1. The van der Waals surface area contributed by atoms with E-state index >= 15 is 0 Å². The van der Waals surface area contributed by atoms with E-state index in [0.717, 1.165) is 18.4 Å². The van der Waals surface area contributed by atoms with Crippen LogP contribution in [-0.2, 0) is 19.0 Å². The van der Waals surface area contributed by atoms with E-state index in [0.29, 0.717) is 11.1 Å². The SMILES string of the molecule is CS(=O)(=O)OCCC1OC(=O)c2cc(-c3ccc(F)cc3F)ccc21. The second-order valence-electron chi connectivity index (χ2n) is 5.63. The number of halogens is 2. The van der Waals surface area contributed by atoms with Crippen LogP contribution in [0.3, 0.4) is 0 Å². The molecule has 1 atom stereocenters. The van der Waals surface area contributed by atoms with Crippen molar-refractivity contribution in [1.29, 1.82) is 0 Å². The van der Waals surface area contributed by atoms with Gasteiger partial charge in [-0.15, -0.1) is 0 Å². The van der Waals surface area contributed by atoms with Gasteiger partial charge >= 0.3 is 5.97 Å². The minimum Gasteiger partial charge on any atom is -0.454 e. The first-order valence-electron chi connectivity index (χ1n) is 7.39. The molecular weight excluding hydrogens is 354 g/mol. The van der Waals surface area contributed by atoms with Crippen molar-refractivity contribution in [3.8, 4) is 11.1 Å². The third-order valence-electron chi connectivity index (χ3n) is 3.79. The molecule has 1 unspecified atom stereocenters. The number of carbonyl (C=O) groups is 1. The monoisotopic (exact) mass is 368 g/mol. The van der Waals surface area contributed by atoms with Crippen LogP contribution in [0.4, 0.5) is 8.78 Å². The molecule has 0 saturated heterocycles. The van der Waals surface area contributed by atoms with Gasteiger partial charge in [0.1, 0.15) is 17.7 Å². The smallest absolute Gasteiger partial charge is 0.339 e. The molecule has 0 fully saturated rings. The van der Waals surface area contributed by atoms with Gasteiger partial charge in [-0.05, 0) is 23.8 Å². The number of hydrogen-bond acceptors (Lipinski definition) is 5. The summed E-state index contributed by atoms with van der Waals surface area (Å²) in [5.74, 6) is -2.00. The normalized spacial score (nSPS) is 16.6. The van der Waals surface area contributed by atoms with Crippen molar-refractivity contribution in [2.75, 3.05) is 12.9 Å². The molecule has 5 nitrogen and oxygen atoms in total. The molecule has 1 aliphatic heterocycles. The molecular formula is C17H14F2O5S. The van der Waals surface area contributed by atoms with Crippen LogP contribution in [0.2, 0.25) is 0 Å². The van der Waals surface area contributed by atoms with E-state index in [2.05, 4.69) is 4.18 Å². The average molecular weight is 368 g/mol. The van der Waals surface area contributed by atoms with Gasteiger partial charge in [-0.3, -0.25) is 4.18 Å². The summed E-state index contributed by atoms with van der Waals surface area (Å²) in [7, 11) is -3.57. The fraction of sp³-hybridized carbons (Fsp3) is 0.235. The Balaban J connectivity index is 1.85. The maximum Gasteiger partial charge on any atom is 0.339 e. The van der Waals surface area contributed by atoms with Crippen LogP contribution in [-0.4, -0.2) is 27.2 Å². The van der Waals surface area contributed by atoms with Gasteiger partial charge in [0.15, 0.2) is 0 Å². The first-order valence-corrected chi connectivity index (χ1v) is 9.21. The number of esters is 1. The van der Waals surface area contributed by atoms with Crippen molar-refractivity contribution < 1.29 is 30.9 Å². The quantitative estimate of drug-likeness (QED) is 0.599. The summed E-state index contributed by atoms with van der Waals surface area (Å²) in [4.78, 5) is 12.0. The third-order valence-corrected chi connectivity index (χ3v) is 4.38. The summed E-state index contributed by atoms with van der Waals surface area (Å²) >= 11 is 0. The highest BCUT2D eigenvalue weighted by Crippen LogP contribution is 2.36. The van der Waals surface area contributed by atoms with Gasteiger partial charge < -0.3 is 4.74 Å². The summed E-state index contributed by atoms with van der Waals surface area (Å²) in [6.45, 7) is -0.120. The summed E-state index contributed by atoms with van der Waals surface area (Å²) in [5, 5.41) is 0. The summed E-state index contributed by atoms with van der Waals surface area (Å²) < 4.78 is 58.8. The molecule has 0 aliphatic carbocycles. The van der Waals surface area contributed by atoms with Crippen molar-refractivity contribution in [3.63, 3.8) is 0 Å². The largest absolute Gasteiger partial charge is 0.454 e. The van der Waals surface area contributed by atoms with E-state index in [9.17, 15) is 22.0 Å². The lowest BCUT2D eigenvalue weighted by molar-refractivity contribution is 0.0343. The number of cyclic esters (lactones) is 1. The Morgan fingerprint density at radius 2 is 1.88 bits per heavy atom. The van der Waals surface area contributed by atoms with Gasteiger partial charge in [-0.2, -0.15) is 8.42 Å². The summed E-state index contributed by atoms with van der Waals surface area (Å²) in [6, 6.07) is 7.89. The molecule has 0 spiro atoms. The van der Waals surface area contributed by atoms with E-state index < -0.39 is 33.8 Å². The maximum absolute atomic E-state index is 13.9. The summed E-state index contributed by atoms with van der Waals surface area (Å²) in [5.41, 5.74) is 1.43. The zero-order chi connectivity index (χ0) is 18.2. The Kier molecular flexibility index (Phi) is 4.57. The molecule has 3 rings (SSSR count). The number of fused-ring (bicyclic) bond motifs is 1. The van der Waals surface area contributed by atoms with Gasteiger partial charge in [0, 0.05) is 23.6 Å². The highest BCUT2D eigenvalue weighted by Gasteiger charge is 2.31. The van der Waals surface area contributed by atoms with Crippen LogP contribution in [0.15, 0.2) is 36.4 Å². The molecule has 0 N–H and O–H groups in total. The Labute approximate surface area is 143 Å². The predicted molar refractivity (Wildman–Crippen MR) is 85.4 cm³/mol. The number of benzene rings is 2. The fourth-order valence-electron chi connectivity index (χ4n) is 2.68. The first-order chi connectivity index (χ1) is 11.7. The topological polar surface area (TPSA) is 69.7 Å². The van der Waals surface area contributed by atoms with Crippen molar-refractivity contribution >= 4 is 16.1 Å². The van der Waals surface area contributed by atoms with Crippen LogP contribution >= 0.6 is 0 Å². The number of rotatable bonds is 5. The molecule has 2 aromatic rings. The lowest BCUT2D eigenvalue weighted by Crippen LogP contribution is -2.08. The minimum absolute atomic E-state index is 0.120. The third kappa shape index (κ3) is 3.85. The molecule has 0 saturated carbocycles. The fourth-order valence-corrected chi connectivity index (χ4v) is 3.08. The van der Waals surface area contributed by atoms with Crippen LogP contribution in [0.25, 0.3) is 11.1 Å². The van der Waals surface area contributed by atoms with E-state index in [1.54, 1.807) is 12.1 Å². The second-order valence-corrected chi connectivity index (χ2v) is 7.28. The first kappa shape index (κ1) is 17.5. The predicted octanol–water partition coefficient (Wildman–Crippen LogP) is 3.21. The van der Waals surface area contributed by atoms with Crippen LogP contribution in [0.1, 0.15) is 28.4 Å². The standard InChI is InChI=1S/C17H14F2O5S/c1-25(21,22)23-7-6-16-13-4-2-10(8-14(13)17(20)24-16)12-5-3-11(18)9-15(12)19/h2-5,8-9,16H,6-7H2,1H3. The van der Waals surface area contributed by atoms with Crippen molar-refractivity contribution in [3.05, 3.63) is 59.2 Å². The number of hydrogen-bond donors (Lipinski definition) is 0. The average Bonchev–Trinajstić information content (AvgIpc) is 2.82. The lowest BCUT2D eigenvalue weighted by atomic mass is 9.97. The Morgan fingerprint density at radius 3 is 2.56 bits per heavy atom. The highest BCUT2D eigenvalue weighted by molar-refractivity contribution is 7.85. The molecule has 132 valence electrons. The van der Waals surface area contributed by atoms with E-state index in [1.807, 2.05) is 0 Å². The maximum atomic E-state index is 13.9. The van der Waals surface area contributed by atoms with Crippen molar-refractivity contribution in [2.24, 2.45) is 0 Å². The van der Waals surface area contributed by atoms with E-state index in [-0.39, 0.29) is 24.2 Å². The van der Waals surface area contributed by atoms with Crippen LogP contribution in [0, 0.1) is 11.6 Å². The highest BCUT2D eigenvalue weighted by atomic mass is 32.2. The molecule has 0 radical (unpaired) electrons. The Morgan fingerprint density at radius 1 is 1.12 bits per heavy atom. The van der Waals surface area contributed by atoms with E-state index in [1.165, 1.54) is 12.1 Å². The zero-order valence-electron chi connectivity index (χ0n) is 13.2.